The van der Waals surface area contributed by atoms with Gasteiger partial charge in [0.05, 0.1) is 15.5 Å². The minimum atomic E-state index is -3.94. The van der Waals surface area contributed by atoms with Crippen LogP contribution >= 0.6 is 0 Å². The summed E-state index contributed by atoms with van der Waals surface area (Å²) in [6.45, 7) is 1.65. The van der Waals surface area contributed by atoms with Crippen LogP contribution in [0.3, 0.4) is 0 Å². The standard InChI is InChI=1S/C30H25N3O5S2/c1-21-14-15-23(20-29(21)40(37,38)32-25-10-3-2-4-11-25)30(34)31-24-16-18-26(19-17-24)39(35,36)33-28-13-7-9-22-8-5-6-12-27(22)28/h2-20,32-33H,1H3,(H,31,34). The van der Waals surface area contributed by atoms with Crippen molar-refractivity contribution in [3.63, 3.8) is 0 Å². The molecule has 202 valence electrons. The molecule has 0 aromatic heterocycles. The van der Waals surface area contributed by atoms with Crippen molar-refractivity contribution in [2.75, 3.05) is 14.8 Å². The van der Waals surface area contributed by atoms with E-state index in [0.29, 0.717) is 22.6 Å². The molecule has 0 radical (unpaired) electrons. The fourth-order valence-corrected chi connectivity index (χ4v) is 6.60. The molecule has 0 bridgehead atoms. The maximum absolute atomic E-state index is 13.0. The monoisotopic (exact) mass is 571 g/mol. The molecule has 0 aliphatic heterocycles. The molecule has 5 rings (SSSR count). The molecule has 8 nitrogen and oxygen atoms in total. The van der Waals surface area contributed by atoms with Crippen LogP contribution in [0.5, 0.6) is 0 Å². The van der Waals surface area contributed by atoms with Gasteiger partial charge >= 0.3 is 0 Å². The first kappa shape index (κ1) is 26.9. The SMILES string of the molecule is Cc1ccc(C(=O)Nc2ccc(S(=O)(=O)Nc3cccc4ccccc34)cc2)cc1S(=O)(=O)Nc1ccccc1. The van der Waals surface area contributed by atoms with Gasteiger partial charge in [-0.15, -0.1) is 0 Å². The van der Waals surface area contributed by atoms with Gasteiger partial charge in [0.15, 0.2) is 0 Å². The minimum Gasteiger partial charge on any atom is -0.322 e. The van der Waals surface area contributed by atoms with Crippen molar-refractivity contribution < 1.29 is 21.6 Å². The van der Waals surface area contributed by atoms with Gasteiger partial charge in [-0.2, -0.15) is 0 Å². The van der Waals surface area contributed by atoms with E-state index in [2.05, 4.69) is 14.8 Å². The summed E-state index contributed by atoms with van der Waals surface area (Å²) in [6.07, 6.45) is 0. The summed E-state index contributed by atoms with van der Waals surface area (Å²) in [5.74, 6) is -0.541. The highest BCUT2D eigenvalue weighted by Crippen LogP contribution is 2.26. The average molecular weight is 572 g/mol. The summed E-state index contributed by atoms with van der Waals surface area (Å²) in [5.41, 5.74) is 1.83. The summed E-state index contributed by atoms with van der Waals surface area (Å²) in [5, 5.41) is 4.37. The molecule has 40 heavy (non-hydrogen) atoms. The van der Waals surface area contributed by atoms with Gasteiger partial charge in [-0.25, -0.2) is 16.8 Å². The van der Waals surface area contributed by atoms with E-state index in [1.807, 2.05) is 30.3 Å². The minimum absolute atomic E-state index is 0.0223. The van der Waals surface area contributed by atoms with Crippen LogP contribution in [0, 0.1) is 6.92 Å². The number of aryl methyl sites for hydroxylation is 1. The van der Waals surface area contributed by atoms with Crippen LogP contribution in [-0.2, 0) is 20.0 Å². The molecule has 0 aliphatic rings. The Kier molecular flexibility index (Phi) is 7.29. The van der Waals surface area contributed by atoms with Gasteiger partial charge in [-0.1, -0.05) is 60.7 Å². The summed E-state index contributed by atoms with van der Waals surface area (Å²) in [7, 11) is -7.83. The van der Waals surface area contributed by atoms with Crippen molar-refractivity contribution >= 4 is 53.8 Å². The lowest BCUT2D eigenvalue weighted by atomic mass is 10.1. The van der Waals surface area contributed by atoms with Crippen molar-refractivity contribution in [3.8, 4) is 0 Å². The highest BCUT2D eigenvalue weighted by molar-refractivity contribution is 7.93. The predicted molar refractivity (Wildman–Crippen MR) is 158 cm³/mol. The normalized spacial score (nSPS) is 11.6. The number of hydrogen-bond acceptors (Lipinski definition) is 5. The number of carbonyl (C=O) groups is 1. The Bertz CT molecular complexity index is 1920. The van der Waals surface area contributed by atoms with Crippen LogP contribution in [0.2, 0.25) is 0 Å². The number of para-hydroxylation sites is 1. The Hall–Kier alpha value is -4.67. The second kappa shape index (κ2) is 10.8. The third kappa shape index (κ3) is 5.83. The van der Waals surface area contributed by atoms with E-state index < -0.39 is 26.0 Å². The predicted octanol–water partition coefficient (Wildman–Crippen LogP) is 6.00. The van der Waals surface area contributed by atoms with E-state index in [-0.39, 0.29) is 15.4 Å². The molecule has 0 heterocycles. The smallest absolute Gasteiger partial charge is 0.262 e. The maximum Gasteiger partial charge on any atom is 0.262 e. The van der Waals surface area contributed by atoms with Crippen molar-refractivity contribution in [1.82, 2.24) is 0 Å². The molecule has 0 fully saturated rings. The first-order chi connectivity index (χ1) is 19.1. The molecule has 0 atom stereocenters. The van der Waals surface area contributed by atoms with Gasteiger partial charge in [-0.05, 0) is 72.5 Å². The Morgan fingerprint density at radius 3 is 2.05 bits per heavy atom. The highest BCUT2D eigenvalue weighted by atomic mass is 32.2. The number of rotatable bonds is 8. The summed E-state index contributed by atoms with van der Waals surface area (Å²) >= 11 is 0. The van der Waals surface area contributed by atoms with E-state index in [4.69, 9.17) is 0 Å². The Morgan fingerprint density at radius 2 is 1.30 bits per heavy atom. The van der Waals surface area contributed by atoms with Gasteiger partial charge in [0, 0.05) is 22.3 Å². The zero-order chi connectivity index (χ0) is 28.3. The van der Waals surface area contributed by atoms with Crippen LogP contribution in [0.15, 0.2) is 125 Å². The summed E-state index contributed by atoms with van der Waals surface area (Å²) in [6, 6.07) is 31.4. The van der Waals surface area contributed by atoms with Crippen LogP contribution in [0.25, 0.3) is 10.8 Å². The van der Waals surface area contributed by atoms with Gasteiger partial charge in [0.25, 0.3) is 26.0 Å². The molecule has 10 heteroatoms. The summed E-state index contributed by atoms with van der Waals surface area (Å²) in [4.78, 5) is 13.0. The molecular formula is C30H25N3O5S2. The average Bonchev–Trinajstić information content (AvgIpc) is 2.94. The number of nitrogens with one attached hydrogen (secondary N) is 3. The largest absolute Gasteiger partial charge is 0.322 e. The first-order valence-electron chi connectivity index (χ1n) is 12.2. The third-order valence-electron chi connectivity index (χ3n) is 6.22. The molecular weight excluding hydrogens is 546 g/mol. The number of carbonyl (C=O) groups excluding carboxylic acids is 1. The summed E-state index contributed by atoms with van der Waals surface area (Å²) < 4.78 is 57.2. The number of hydrogen-bond donors (Lipinski definition) is 3. The number of sulfonamides is 2. The van der Waals surface area contributed by atoms with Crippen molar-refractivity contribution in [3.05, 3.63) is 126 Å². The van der Waals surface area contributed by atoms with E-state index in [9.17, 15) is 21.6 Å². The first-order valence-corrected chi connectivity index (χ1v) is 15.2. The second-order valence-corrected chi connectivity index (χ2v) is 12.4. The maximum atomic E-state index is 13.0. The molecule has 0 saturated carbocycles. The number of fused-ring (bicyclic) bond motifs is 1. The topological polar surface area (TPSA) is 121 Å². The second-order valence-electron chi connectivity index (χ2n) is 9.06. The van der Waals surface area contributed by atoms with Crippen LogP contribution in [0.4, 0.5) is 17.1 Å². The number of amides is 1. The Morgan fingerprint density at radius 1 is 0.625 bits per heavy atom. The van der Waals surface area contributed by atoms with Crippen LogP contribution < -0.4 is 14.8 Å². The van der Waals surface area contributed by atoms with Crippen molar-refractivity contribution in [2.24, 2.45) is 0 Å². The number of benzene rings is 5. The fraction of sp³-hybridized carbons (Fsp3) is 0.0333. The molecule has 5 aromatic carbocycles. The lowest BCUT2D eigenvalue weighted by Crippen LogP contribution is -2.17. The van der Waals surface area contributed by atoms with E-state index >= 15 is 0 Å². The third-order valence-corrected chi connectivity index (χ3v) is 9.13. The van der Waals surface area contributed by atoms with E-state index in [1.54, 1.807) is 55.5 Å². The quantitative estimate of drug-likeness (QED) is 0.211. The lowest BCUT2D eigenvalue weighted by molar-refractivity contribution is 0.102. The molecule has 0 unspecified atom stereocenters. The molecule has 0 spiro atoms. The number of anilines is 3. The zero-order valence-corrected chi connectivity index (χ0v) is 23.0. The zero-order valence-electron chi connectivity index (χ0n) is 21.3. The fourth-order valence-electron chi connectivity index (χ4n) is 4.19. The molecule has 1 amide bonds. The van der Waals surface area contributed by atoms with E-state index in [0.717, 1.165) is 10.8 Å². The van der Waals surface area contributed by atoms with Gasteiger partial charge < -0.3 is 5.32 Å². The van der Waals surface area contributed by atoms with Gasteiger partial charge in [0.1, 0.15) is 0 Å². The molecule has 0 aliphatic carbocycles. The highest BCUT2D eigenvalue weighted by Gasteiger charge is 2.20. The van der Waals surface area contributed by atoms with Crippen molar-refractivity contribution in [2.45, 2.75) is 16.7 Å². The van der Waals surface area contributed by atoms with E-state index in [1.165, 1.54) is 36.4 Å². The molecule has 3 N–H and O–H groups in total. The van der Waals surface area contributed by atoms with Crippen LogP contribution in [-0.4, -0.2) is 22.7 Å². The lowest BCUT2D eigenvalue weighted by Gasteiger charge is -2.13. The Balaban J connectivity index is 1.32. The Labute approximate surface area is 232 Å². The van der Waals surface area contributed by atoms with Gasteiger partial charge in [0.2, 0.25) is 0 Å². The molecule has 0 saturated heterocycles. The molecule has 5 aromatic rings. The van der Waals surface area contributed by atoms with Crippen molar-refractivity contribution in [1.29, 1.82) is 0 Å². The van der Waals surface area contributed by atoms with Gasteiger partial charge in [-0.3, -0.25) is 14.2 Å². The van der Waals surface area contributed by atoms with Crippen LogP contribution in [0.1, 0.15) is 15.9 Å².